The number of thiazole rings is 1. The number of hydrogen-bond donors (Lipinski definition) is 2. The van der Waals surface area contributed by atoms with Crippen molar-refractivity contribution >= 4 is 29.2 Å². The molecule has 0 aromatic carbocycles. The van der Waals surface area contributed by atoms with Crippen LogP contribution < -0.4 is 15.5 Å². The third-order valence-electron chi connectivity index (χ3n) is 3.05. The van der Waals surface area contributed by atoms with Gasteiger partial charge in [0, 0.05) is 25.5 Å². The third-order valence-corrected chi connectivity index (χ3v) is 3.69. The summed E-state index contributed by atoms with van der Waals surface area (Å²) in [5.41, 5.74) is 2.78. The molecule has 0 spiro atoms. The largest absolute Gasteiger partial charge is 0.378 e. The van der Waals surface area contributed by atoms with Gasteiger partial charge >= 0.3 is 0 Å². The molecule has 8 nitrogen and oxygen atoms in total. The summed E-state index contributed by atoms with van der Waals surface area (Å²) < 4.78 is 5.35. The molecule has 1 fully saturated rings. The van der Waals surface area contributed by atoms with Gasteiger partial charge in [-0.3, -0.25) is 0 Å². The topological polar surface area (TPSA) is 88.1 Å². The molecule has 0 unspecified atom stereocenters. The molecule has 0 saturated carbocycles. The molecule has 2 aromatic heterocycles. The number of anilines is 3. The fourth-order valence-electron chi connectivity index (χ4n) is 1.95. The first-order valence-electron chi connectivity index (χ1n) is 6.72. The van der Waals surface area contributed by atoms with Crippen molar-refractivity contribution in [3.8, 4) is 0 Å². The van der Waals surface area contributed by atoms with Crippen LogP contribution in [0.5, 0.6) is 0 Å². The van der Waals surface area contributed by atoms with Gasteiger partial charge < -0.3 is 20.3 Å². The van der Waals surface area contributed by atoms with E-state index in [9.17, 15) is 0 Å². The Morgan fingerprint density at radius 3 is 2.76 bits per heavy atom. The van der Waals surface area contributed by atoms with Crippen LogP contribution in [-0.2, 0) is 11.3 Å². The van der Waals surface area contributed by atoms with E-state index in [4.69, 9.17) is 4.74 Å². The minimum Gasteiger partial charge on any atom is -0.378 e. The number of nitrogens with zero attached hydrogens (tertiary/aromatic N) is 5. The monoisotopic (exact) mass is 307 g/mol. The van der Waals surface area contributed by atoms with Gasteiger partial charge in [0.1, 0.15) is 0 Å². The van der Waals surface area contributed by atoms with Gasteiger partial charge in [0.2, 0.25) is 17.8 Å². The van der Waals surface area contributed by atoms with Crippen molar-refractivity contribution in [2.24, 2.45) is 0 Å². The zero-order valence-electron chi connectivity index (χ0n) is 11.7. The maximum atomic E-state index is 5.35. The molecular weight excluding hydrogens is 290 g/mol. The van der Waals surface area contributed by atoms with Crippen molar-refractivity contribution < 1.29 is 4.74 Å². The van der Waals surface area contributed by atoms with Crippen molar-refractivity contribution in [3.63, 3.8) is 0 Å². The van der Waals surface area contributed by atoms with E-state index in [0.717, 1.165) is 18.8 Å². The predicted molar refractivity (Wildman–Crippen MR) is 81.8 cm³/mol. The van der Waals surface area contributed by atoms with E-state index >= 15 is 0 Å². The average Bonchev–Trinajstić information content (AvgIpc) is 3.07. The second-order valence-electron chi connectivity index (χ2n) is 4.47. The number of nitrogens with one attached hydrogen (secondary N) is 2. The van der Waals surface area contributed by atoms with Gasteiger partial charge in [-0.05, 0) is 0 Å². The Morgan fingerprint density at radius 1 is 1.24 bits per heavy atom. The maximum Gasteiger partial charge on any atom is 0.232 e. The van der Waals surface area contributed by atoms with Crippen LogP contribution in [0, 0.1) is 0 Å². The molecular formula is C12H17N7OS. The molecule has 3 rings (SSSR count). The van der Waals surface area contributed by atoms with Crippen LogP contribution in [-0.4, -0.2) is 53.3 Å². The Labute approximate surface area is 126 Å². The van der Waals surface area contributed by atoms with Crippen LogP contribution >= 0.6 is 11.3 Å². The van der Waals surface area contributed by atoms with Gasteiger partial charge in [0.25, 0.3) is 0 Å². The standard InChI is InChI=1S/C12H17N7OS/c1-13-10-16-11(14-6-9-7-21-8-15-9)18-12(17-10)19-2-4-20-5-3-19/h7-8H,2-6H2,1H3,(H2,13,14,16,17,18). The summed E-state index contributed by atoms with van der Waals surface area (Å²) >= 11 is 1.57. The summed E-state index contributed by atoms with van der Waals surface area (Å²) in [6.45, 7) is 3.57. The Hall–Kier alpha value is -2.00. The van der Waals surface area contributed by atoms with E-state index in [-0.39, 0.29) is 0 Å². The summed E-state index contributed by atoms with van der Waals surface area (Å²) in [5, 5.41) is 8.15. The van der Waals surface area contributed by atoms with Crippen LogP contribution in [0.25, 0.3) is 0 Å². The van der Waals surface area contributed by atoms with Gasteiger partial charge in [0.15, 0.2) is 0 Å². The van der Waals surface area contributed by atoms with E-state index in [1.807, 2.05) is 10.9 Å². The SMILES string of the molecule is CNc1nc(NCc2cscn2)nc(N2CCOCC2)n1. The summed E-state index contributed by atoms with van der Waals surface area (Å²) in [5.74, 6) is 1.76. The Bertz CT molecular complexity index is 571. The van der Waals surface area contributed by atoms with E-state index in [1.165, 1.54) is 0 Å². The smallest absolute Gasteiger partial charge is 0.232 e. The van der Waals surface area contributed by atoms with Crippen LogP contribution in [0.3, 0.4) is 0 Å². The second kappa shape index (κ2) is 6.64. The van der Waals surface area contributed by atoms with Gasteiger partial charge in [0.05, 0.1) is 31.0 Å². The van der Waals surface area contributed by atoms with Crippen molar-refractivity contribution in [2.45, 2.75) is 6.54 Å². The predicted octanol–water partition coefficient (Wildman–Crippen LogP) is 0.818. The lowest BCUT2D eigenvalue weighted by Gasteiger charge is -2.27. The maximum absolute atomic E-state index is 5.35. The highest BCUT2D eigenvalue weighted by Gasteiger charge is 2.16. The van der Waals surface area contributed by atoms with Gasteiger partial charge in [-0.2, -0.15) is 15.0 Å². The molecule has 21 heavy (non-hydrogen) atoms. The number of hydrogen-bond acceptors (Lipinski definition) is 9. The van der Waals surface area contributed by atoms with E-state index in [2.05, 4.69) is 35.5 Å². The minimum atomic E-state index is 0.545. The quantitative estimate of drug-likeness (QED) is 0.839. The molecule has 0 bridgehead atoms. The van der Waals surface area contributed by atoms with Crippen molar-refractivity contribution in [3.05, 3.63) is 16.6 Å². The van der Waals surface area contributed by atoms with Gasteiger partial charge in [-0.1, -0.05) is 0 Å². The summed E-state index contributed by atoms with van der Waals surface area (Å²) in [6, 6.07) is 0. The molecule has 0 aliphatic carbocycles. The van der Waals surface area contributed by atoms with Crippen molar-refractivity contribution in [2.75, 3.05) is 48.9 Å². The highest BCUT2D eigenvalue weighted by atomic mass is 32.1. The van der Waals surface area contributed by atoms with Crippen LogP contribution in [0.2, 0.25) is 0 Å². The van der Waals surface area contributed by atoms with Crippen LogP contribution in [0.1, 0.15) is 5.69 Å². The molecule has 1 aliphatic rings. The zero-order chi connectivity index (χ0) is 14.5. The van der Waals surface area contributed by atoms with Crippen LogP contribution in [0.15, 0.2) is 10.9 Å². The lowest BCUT2D eigenvalue weighted by molar-refractivity contribution is 0.122. The highest BCUT2D eigenvalue weighted by Crippen LogP contribution is 2.15. The number of morpholine rings is 1. The van der Waals surface area contributed by atoms with E-state index in [0.29, 0.717) is 37.6 Å². The highest BCUT2D eigenvalue weighted by molar-refractivity contribution is 7.07. The fourth-order valence-corrected chi connectivity index (χ4v) is 2.51. The van der Waals surface area contributed by atoms with Gasteiger partial charge in [-0.15, -0.1) is 11.3 Å². The van der Waals surface area contributed by atoms with E-state index < -0.39 is 0 Å². The van der Waals surface area contributed by atoms with Crippen LogP contribution in [0.4, 0.5) is 17.8 Å². The molecule has 2 aromatic rings. The number of aromatic nitrogens is 4. The summed E-state index contributed by atoms with van der Waals surface area (Å²) in [4.78, 5) is 19.5. The number of ether oxygens (including phenoxy) is 1. The molecule has 2 N–H and O–H groups in total. The van der Waals surface area contributed by atoms with Gasteiger partial charge in [-0.25, -0.2) is 4.98 Å². The third kappa shape index (κ3) is 3.56. The molecule has 0 atom stereocenters. The Balaban J connectivity index is 1.75. The first kappa shape index (κ1) is 14.0. The number of rotatable bonds is 5. The average molecular weight is 307 g/mol. The molecule has 0 radical (unpaired) electrons. The molecule has 0 amide bonds. The van der Waals surface area contributed by atoms with Crippen molar-refractivity contribution in [1.82, 2.24) is 19.9 Å². The molecule has 9 heteroatoms. The molecule has 1 saturated heterocycles. The first-order valence-corrected chi connectivity index (χ1v) is 7.67. The van der Waals surface area contributed by atoms with Crippen molar-refractivity contribution in [1.29, 1.82) is 0 Å². The Morgan fingerprint density at radius 2 is 2.05 bits per heavy atom. The van der Waals surface area contributed by atoms with E-state index in [1.54, 1.807) is 18.4 Å². The molecule has 1 aliphatic heterocycles. The Kier molecular flexibility index (Phi) is 4.41. The summed E-state index contributed by atoms with van der Waals surface area (Å²) in [7, 11) is 1.79. The normalized spacial score (nSPS) is 15.0. The molecule has 3 heterocycles. The summed E-state index contributed by atoms with van der Waals surface area (Å²) in [6.07, 6.45) is 0. The fraction of sp³-hybridized carbons (Fsp3) is 0.500. The first-order chi connectivity index (χ1) is 10.3. The second-order valence-corrected chi connectivity index (χ2v) is 5.18. The minimum absolute atomic E-state index is 0.545. The zero-order valence-corrected chi connectivity index (χ0v) is 12.6. The lowest BCUT2D eigenvalue weighted by Crippen LogP contribution is -2.37. The molecule has 112 valence electrons. The lowest BCUT2D eigenvalue weighted by atomic mass is 10.4.